The van der Waals surface area contributed by atoms with Crippen molar-refractivity contribution in [2.45, 2.75) is 42.7 Å². The number of nitrogens with one attached hydrogen (secondary N) is 1. The van der Waals surface area contributed by atoms with Gasteiger partial charge in [-0.1, -0.05) is 0 Å². The first kappa shape index (κ1) is 14.5. The Labute approximate surface area is 125 Å². The molecule has 2 aliphatic rings. The Morgan fingerprint density at radius 3 is 2.38 bits per heavy atom. The first-order valence-electron chi connectivity index (χ1n) is 7.33. The summed E-state index contributed by atoms with van der Waals surface area (Å²) in [6.07, 6.45) is 5.35. The van der Waals surface area contributed by atoms with Crippen molar-refractivity contribution < 1.29 is 13.2 Å². The molecule has 6 heteroatoms. The smallest absolute Gasteiger partial charge is 0.244 e. The molecule has 114 valence electrons. The standard InChI is InChI=1S/C15H20N2O3S/c1-21(19,20)13-8-6-12(7-9-13)17-10-2-3-14(15(17)18)16-11-4-5-11/h6-9,11,14,16H,2-5,10H2,1H3. The zero-order valence-corrected chi connectivity index (χ0v) is 12.9. The summed E-state index contributed by atoms with van der Waals surface area (Å²) in [5, 5.41) is 3.39. The summed E-state index contributed by atoms with van der Waals surface area (Å²) >= 11 is 0. The summed E-state index contributed by atoms with van der Waals surface area (Å²) in [4.78, 5) is 14.6. The predicted molar refractivity (Wildman–Crippen MR) is 81.1 cm³/mol. The summed E-state index contributed by atoms with van der Waals surface area (Å²) in [7, 11) is -3.20. The van der Waals surface area contributed by atoms with E-state index < -0.39 is 9.84 Å². The van der Waals surface area contributed by atoms with Crippen LogP contribution in [0.3, 0.4) is 0 Å². The van der Waals surface area contributed by atoms with Gasteiger partial charge in [0.2, 0.25) is 5.91 Å². The molecule has 0 bridgehead atoms. The minimum Gasteiger partial charge on any atom is -0.311 e. The molecular formula is C15H20N2O3S. The van der Waals surface area contributed by atoms with Crippen LogP contribution in [0.2, 0.25) is 0 Å². The summed E-state index contributed by atoms with van der Waals surface area (Å²) in [6.45, 7) is 0.694. The molecule has 0 aromatic heterocycles. The van der Waals surface area contributed by atoms with Crippen LogP contribution in [0.25, 0.3) is 0 Å². The van der Waals surface area contributed by atoms with Crippen molar-refractivity contribution in [3.8, 4) is 0 Å². The summed E-state index contributed by atoms with van der Waals surface area (Å²) in [5.74, 6) is 0.0975. The van der Waals surface area contributed by atoms with Crippen molar-refractivity contribution in [1.82, 2.24) is 5.32 Å². The van der Waals surface area contributed by atoms with Crippen LogP contribution in [0.1, 0.15) is 25.7 Å². The lowest BCUT2D eigenvalue weighted by Crippen LogP contribution is -2.51. The molecule has 1 saturated heterocycles. The second-order valence-corrected chi connectivity index (χ2v) is 7.91. The van der Waals surface area contributed by atoms with Gasteiger partial charge in [0.15, 0.2) is 9.84 Å². The van der Waals surface area contributed by atoms with Crippen LogP contribution < -0.4 is 10.2 Å². The molecule has 1 amide bonds. The van der Waals surface area contributed by atoms with Crippen molar-refractivity contribution >= 4 is 21.4 Å². The van der Waals surface area contributed by atoms with E-state index in [1.807, 2.05) is 0 Å². The fourth-order valence-corrected chi connectivity index (χ4v) is 3.32. The van der Waals surface area contributed by atoms with Crippen molar-refractivity contribution in [1.29, 1.82) is 0 Å². The van der Waals surface area contributed by atoms with E-state index in [-0.39, 0.29) is 16.8 Å². The Hall–Kier alpha value is -1.40. The average Bonchev–Trinajstić information content (AvgIpc) is 3.24. The number of amides is 1. The molecule has 0 spiro atoms. The van der Waals surface area contributed by atoms with E-state index in [1.165, 1.54) is 6.26 Å². The lowest BCUT2D eigenvalue weighted by Gasteiger charge is -2.33. The average molecular weight is 308 g/mol. The zero-order chi connectivity index (χ0) is 15.0. The van der Waals surface area contributed by atoms with Gasteiger partial charge in [-0.15, -0.1) is 0 Å². The first-order valence-corrected chi connectivity index (χ1v) is 9.22. The van der Waals surface area contributed by atoms with Gasteiger partial charge in [-0.25, -0.2) is 8.42 Å². The second kappa shape index (κ2) is 5.42. The molecule has 1 unspecified atom stereocenters. The molecule has 1 aliphatic carbocycles. The molecule has 1 heterocycles. The normalized spacial score (nSPS) is 23.4. The van der Waals surface area contributed by atoms with Gasteiger partial charge in [0.05, 0.1) is 10.9 Å². The molecular weight excluding hydrogens is 288 g/mol. The van der Waals surface area contributed by atoms with Gasteiger partial charge in [-0.3, -0.25) is 4.79 Å². The molecule has 1 atom stereocenters. The van der Waals surface area contributed by atoms with E-state index in [1.54, 1.807) is 29.2 Å². The third kappa shape index (κ3) is 3.27. The molecule has 1 saturated carbocycles. The van der Waals surface area contributed by atoms with Gasteiger partial charge in [-0.2, -0.15) is 0 Å². The molecule has 1 N–H and O–H groups in total. The quantitative estimate of drug-likeness (QED) is 0.911. The maximum absolute atomic E-state index is 12.5. The van der Waals surface area contributed by atoms with E-state index >= 15 is 0 Å². The van der Waals surface area contributed by atoms with Crippen LogP contribution in [-0.4, -0.2) is 39.2 Å². The number of hydrogen-bond acceptors (Lipinski definition) is 4. The molecule has 2 fully saturated rings. The van der Waals surface area contributed by atoms with Gasteiger partial charge in [0.25, 0.3) is 0 Å². The van der Waals surface area contributed by atoms with Crippen molar-refractivity contribution in [3.05, 3.63) is 24.3 Å². The Kier molecular flexibility index (Phi) is 3.75. The van der Waals surface area contributed by atoms with Crippen LogP contribution in [0.15, 0.2) is 29.2 Å². The predicted octanol–water partition coefficient (Wildman–Crippen LogP) is 1.34. The van der Waals surface area contributed by atoms with E-state index in [2.05, 4.69) is 5.32 Å². The lowest BCUT2D eigenvalue weighted by atomic mass is 10.0. The van der Waals surface area contributed by atoms with E-state index in [0.717, 1.165) is 31.4 Å². The Balaban J connectivity index is 1.77. The highest BCUT2D eigenvalue weighted by molar-refractivity contribution is 7.90. The number of piperidine rings is 1. The molecule has 1 aliphatic heterocycles. The highest BCUT2D eigenvalue weighted by atomic mass is 32.2. The summed E-state index contributed by atoms with van der Waals surface area (Å²) in [6, 6.07) is 6.97. The SMILES string of the molecule is CS(=O)(=O)c1ccc(N2CCCC(NC3CC3)C2=O)cc1. The fraction of sp³-hybridized carbons (Fsp3) is 0.533. The van der Waals surface area contributed by atoms with Crippen molar-refractivity contribution in [2.75, 3.05) is 17.7 Å². The number of sulfone groups is 1. The van der Waals surface area contributed by atoms with Crippen LogP contribution in [0.4, 0.5) is 5.69 Å². The van der Waals surface area contributed by atoms with Crippen molar-refractivity contribution in [3.63, 3.8) is 0 Å². The number of benzene rings is 1. The third-order valence-electron chi connectivity index (χ3n) is 4.03. The van der Waals surface area contributed by atoms with Gasteiger partial charge >= 0.3 is 0 Å². The second-order valence-electron chi connectivity index (χ2n) is 5.89. The van der Waals surface area contributed by atoms with E-state index in [9.17, 15) is 13.2 Å². The third-order valence-corrected chi connectivity index (χ3v) is 5.16. The molecule has 5 nitrogen and oxygen atoms in total. The van der Waals surface area contributed by atoms with Gasteiger partial charge in [-0.05, 0) is 49.9 Å². The van der Waals surface area contributed by atoms with Crippen LogP contribution in [0.5, 0.6) is 0 Å². The number of nitrogens with zero attached hydrogens (tertiary/aromatic N) is 1. The first-order chi connectivity index (χ1) is 9.95. The van der Waals surface area contributed by atoms with Crippen LogP contribution in [0, 0.1) is 0 Å². The number of rotatable bonds is 4. The zero-order valence-electron chi connectivity index (χ0n) is 12.1. The number of anilines is 1. The number of hydrogen-bond donors (Lipinski definition) is 1. The molecule has 1 aromatic carbocycles. The maximum atomic E-state index is 12.5. The number of carbonyl (C=O) groups is 1. The lowest BCUT2D eigenvalue weighted by molar-refractivity contribution is -0.121. The van der Waals surface area contributed by atoms with Crippen LogP contribution in [-0.2, 0) is 14.6 Å². The van der Waals surface area contributed by atoms with Gasteiger partial charge < -0.3 is 10.2 Å². The maximum Gasteiger partial charge on any atom is 0.244 e. The topological polar surface area (TPSA) is 66.5 Å². The van der Waals surface area contributed by atoms with Crippen molar-refractivity contribution in [2.24, 2.45) is 0 Å². The minimum absolute atomic E-state index is 0.0964. The molecule has 3 rings (SSSR count). The minimum atomic E-state index is -3.20. The Bertz CT molecular complexity index is 635. The molecule has 0 radical (unpaired) electrons. The number of carbonyl (C=O) groups excluding carboxylic acids is 1. The molecule has 1 aromatic rings. The Morgan fingerprint density at radius 1 is 1.14 bits per heavy atom. The van der Waals surface area contributed by atoms with Gasteiger partial charge in [0.1, 0.15) is 0 Å². The van der Waals surface area contributed by atoms with E-state index in [0.29, 0.717) is 12.6 Å². The Morgan fingerprint density at radius 2 is 1.81 bits per heavy atom. The summed E-state index contributed by atoms with van der Waals surface area (Å²) < 4.78 is 22.9. The molecule has 21 heavy (non-hydrogen) atoms. The summed E-state index contributed by atoms with van der Waals surface area (Å²) in [5.41, 5.74) is 0.773. The highest BCUT2D eigenvalue weighted by Crippen LogP contribution is 2.26. The largest absolute Gasteiger partial charge is 0.311 e. The monoisotopic (exact) mass is 308 g/mol. The highest BCUT2D eigenvalue weighted by Gasteiger charge is 2.33. The van der Waals surface area contributed by atoms with Gasteiger partial charge in [0, 0.05) is 24.5 Å². The van der Waals surface area contributed by atoms with Crippen LogP contribution >= 0.6 is 0 Å². The van der Waals surface area contributed by atoms with E-state index in [4.69, 9.17) is 0 Å². The fourth-order valence-electron chi connectivity index (χ4n) is 2.69.